The Morgan fingerprint density at radius 1 is 1.17 bits per heavy atom. The van der Waals surface area contributed by atoms with Crippen LogP contribution in [0.1, 0.15) is 17.0 Å². The molecule has 0 fully saturated rings. The minimum atomic E-state index is -1.10. The van der Waals surface area contributed by atoms with Gasteiger partial charge in [-0.05, 0) is 23.8 Å². The van der Waals surface area contributed by atoms with Crippen LogP contribution < -0.4 is 40.3 Å². The van der Waals surface area contributed by atoms with Crippen molar-refractivity contribution in [1.29, 1.82) is 5.26 Å². The summed E-state index contributed by atoms with van der Waals surface area (Å²) in [6.45, 7) is 0. The van der Waals surface area contributed by atoms with E-state index in [9.17, 15) is 20.3 Å². The molecule has 1 aromatic heterocycles. The molecule has 0 aliphatic carbocycles. The standard InChI is InChI=1S/C17H11NO4.Na/c18-9-13(10-4-3-5-11(19)8-10)15-16(20)12-6-1-2-7-14(12)22-17(15)21;/h1-8,13,19-20H;/q;+1/p-1. The fourth-order valence-corrected chi connectivity index (χ4v) is 2.39. The number of benzene rings is 2. The normalized spacial score (nSPS) is 11.4. The summed E-state index contributed by atoms with van der Waals surface area (Å²) >= 11 is 0. The summed E-state index contributed by atoms with van der Waals surface area (Å²) in [5, 5.41) is 31.7. The van der Waals surface area contributed by atoms with Gasteiger partial charge in [0.25, 0.3) is 0 Å². The molecular weight excluding hydrogens is 305 g/mol. The van der Waals surface area contributed by atoms with Crippen LogP contribution in [-0.2, 0) is 0 Å². The first-order chi connectivity index (χ1) is 10.6. The van der Waals surface area contributed by atoms with Crippen LogP contribution >= 0.6 is 0 Å². The van der Waals surface area contributed by atoms with Crippen molar-refractivity contribution in [3.05, 3.63) is 70.1 Å². The van der Waals surface area contributed by atoms with Gasteiger partial charge in [0.15, 0.2) is 0 Å². The van der Waals surface area contributed by atoms with Crippen LogP contribution in [0.4, 0.5) is 0 Å². The van der Waals surface area contributed by atoms with Crippen molar-refractivity contribution in [3.8, 4) is 17.6 Å². The van der Waals surface area contributed by atoms with Crippen LogP contribution in [0.2, 0.25) is 0 Å². The number of rotatable bonds is 2. The zero-order valence-corrected chi connectivity index (χ0v) is 14.3. The van der Waals surface area contributed by atoms with Crippen LogP contribution in [0.15, 0.2) is 57.7 Å². The van der Waals surface area contributed by atoms with Gasteiger partial charge in [-0.2, -0.15) is 5.26 Å². The minimum absolute atomic E-state index is 0. The van der Waals surface area contributed by atoms with Crippen molar-refractivity contribution in [2.24, 2.45) is 0 Å². The first kappa shape index (κ1) is 17.1. The quantitative estimate of drug-likeness (QED) is 0.495. The molecule has 0 radical (unpaired) electrons. The Kier molecular flexibility index (Phi) is 5.12. The van der Waals surface area contributed by atoms with Gasteiger partial charge in [0, 0.05) is 5.39 Å². The third-order valence-corrected chi connectivity index (χ3v) is 3.42. The van der Waals surface area contributed by atoms with Gasteiger partial charge in [-0.3, -0.25) is 0 Å². The zero-order valence-electron chi connectivity index (χ0n) is 12.3. The number of hydrogen-bond donors (Lipinski definition) is 1. The SMILES string of the molecule is N#CC(c1cccc(O)c1)c1c([O-])c2ccccc2oc1=O.[Na+]. The van der Waals surface area contributed by atoms with Crippen molar-refractivity contribution in [2.75, 3.05) is 0 Å². The average Bonchev–Trinajstić information content (AvgIpc) is 2.51. The Morgan fingerprint density at radius 2 is 1.91 bits per heavy atom. The molecule has 6 heteroatoms. The molecule has 1 N–H and O–H groups in total. The monoisotopic (exact) mass is 315 g/mol. The second kappa shape index (κ2) is 6.88. The van der Waals surface area contributed by atoms with E-state index in [1.54, 1.807) is 30.3 Å². The molecule has 1 atom stereocenters. The van der Waals surface area contributed by atoms with Crippen molar-refractivity contribution in [2.45, 2.75) is 5.92 Å². The van der Waals surface area contributed by atoms with Gasteiger partial charge in [0.05, 0.1) is 11.6 Å². The van der Waals surface area contributed by atoms with Crippen LogP contribution in [0.5, 0.6) is 11.5 Å². The Hall–Kier alpha value is -2.26. The Balaban J connectivity index is 0.00000192. The largest absolute Gasteiger partial charge is 1.00 e. The summed E-state index contributed by atoms with van der Waals surface area (Å²) in [6, 6.07) is 14.2. The van der Waals surface area contributed by atoms with E-state index in [2.05, 4.69) is 0 Å². The molecule has 0 bridgehead atoms. The van der Waals surface area contributed by atoms with Gasteiger partial charge in [0.2, 0.25) is 0 Å². The van der Waals surface area contributed by atoms with E-state index >= 15 is 0 Å². The van der Waals surface area contributed by atoms with Crippen molar-refractivity contribution in [3.63, 3.8) is 0 Å². The predicted octanol–water partition coefficient (Wildman–Crippen LogP) is -0.768. The second-order valence-corrected chi connectivity index (χ2v) is 4.79. The molecule has 0 spiro atoms. The number of nitrogens with zero attached hydrogens (tertiary/aromatic N) is 1. The minimum Gasteiger partial charge on any atom is -0.872 e. The van der Waals surface area contributed by atoms with Crippen LogP contribution in [0, 0.1) is 11.3 Å². The molecule has 0 aliphatic heterocycles. The Labute approximate surface area is 153 Å². The molecule has 2 aromatic carbocycles. The van der Waals surface area contributed by atoms with Gasteiger partial charge < -0.3 is 14.6 Å². The summed E-state index contributed by atoms with van der Waals surface area (Å²) in [6.07, 6.45) is 0. The van der Waals surface area contributed by atoms with E-state index in [4.69, 9.17) is 4.42 Å². The number of hydrogen-bond acceptors (Lipinski definition) is 5. The number of aromatic hydroxyl groups is 1. The van der Waals surface area contributed by atoms with Gasteiger partial charge >= 0.3 is 35.2 Å². The Bertz CT molecular complexity index is 959. The van der Waals surface area contributed by atoms with Crippen molar-refractivity contribution in [1.82, 2.24) is 0 Å². The summed E-state index contributed by atoms with van der Waals surface area (Å²) in [5.41, 5.74) is -0.526. The van der Waals surface area contributed by atoms with Crippen molar-refractivity contribution < 1.29 is 44.2 Å². The Morgan fingerprint density at radius 3 is 2.61 bits per heavy atom. The van der Waals surface area contributed by atoms with Crippen LogP contribution in [-0.4, -0.2) is 5.11 Å². The fraction of sp³-hybridized carbons (Fsp3) is 0.0588. The second-order valence-electron chi connectivity index (χ2n) is 4.79. The van der Waals surface area contributed by atoms with E-state index in [1.807, 2.05) is 6.07 Å². The number of fused-ring (bicyclic) bond motifs is 1. The van der Waals surface area contributed by atoms with Gasteiger partial charge in [-0.15, -0.1) is 0 Å². The topological polar surface area (TPSA) is 97.3 Å². The molecule has 3 rings (SSSR count). The summed E-state index contributed by atoms with van der Waals surface area (Å²) in [5.74, 6) is -1.67. The maximum absolute atomic E-state index is 12.5. The molecule has 23 heavy (non-hydrogen) atoms. The smallest absolute Gasteiger partial charge is 0.872 e. The molecule has 0 amide bonds. The van der Waals surface area contributed by atoms with Gasteiger partial charge in [-0.1, -0.05) is 36.1 Å². The average molecular weight is 315 g/mol. The predicted molar refractivity (Wildman–Crippen MR) is 77.5 cm³/mol. The van der Waals surface area contributed by atoms with Crippen LogP contribution in [0.25, 0.3) is 11.0 Å². The maximum Gasteiger partial charge on any atom is 1.00 e. The molecule has 0 saturated heterocycles. The summed E-state index contributed by atoms with van der Waals surface area (Å²) in [7, 11) is 0. The summed E-state index contributed by atoms with van der Waals surface area (Å²) in [4.78, 5) is 12.1. The molecular formula is C17H10NNaO4. The molecule has 1 heterocycles. The first-order valence-corrected chi connectivity index (χ1v) is 6.53. The van der Waals surface area contributed by atoms with E-state index in [0.29, 0.717) is 5.56 Å². The number of nitriles is 1. The molecule has 1 unspecified atom stereocenters. The summed E-state index contributed by atoms with van der Waals surface area (Å²) < 4.78 is 5.14. The van der Waals surface area contributed by atoms with E-state index < -0.39 is 17.3 Å². The number of phenols is 1. The van der Waals surface area contributed by atoms with Crippen LogP contribution in [0.3, 0.4) is 0 Å². The zero-order chi connectivity index (χ0) is 15.7. The molecule has 0 aliphatic rings. The first-order valence-electron chi connectivity index (χ1n) is 6.53. The number of phenolic OH excluding ortho intramolecular Hbond substituents is 1. The van der Waals surface area contributed by atoms with Gasteiger partial charge in [0.1, 0.15) is 17.3 Å². The van der Waals surface area contributed by atoms with E-state index in [0.717, 1.165) is 0 Å². The fourth-order valence-electron chi connectivity index (χ4n) is 2.39. The third-order valence-electron chi connectivity index (χ3n) is 3.42. The van der Waals surface area contributed by atoms with E-state index in [1.165, 1.54) is 18.2 Å². The molecule has 108 valence electrons. The number of para-hydroxylation sites is 1. The molecule has 5 nitrogen and oxygen atoms in total. The van der Waals surface area contributed by atoms with E-state index in [-0.39, 0.29) is 51.8 Å². The van der Waals surface area contributed by atoms with Gasteiger partial charge in [-0.25, -0.2) is 4.79 Å². The molecule has 3 aromatic rings. The van der Waals surface area contributed by atoms with Crippen molar-refractivity contribution >= 4 is 11.0 Å². The molecule has 0 saturated carbocycles. The third kappa shape index (κ3) is 3.10. The maximum atomic E-state index is 12.5.